The number of thioether (sulfide) groups is 1. The van der Waals surface area contributed by atoms with Gasteiger partial charge in [0.15, 0.2) is 5.69 Å². The summed E-state index contributed by atoms with van der Waals surface area (Å²) in [5.41, 5.74) is -0.146. The average Bonchev–Trinajstić information content (AvgIpc) is 2.79. The van der Waals surface area contributed by atoms with Crippen LogP contribution in [0.4, 0.5) is 0 Å². The molecule has 1 saturated heterocycles. The molecular formula is C9H12N4O3S. The molecule has 0 bridgehead atoms. The van der Waals surface area contributed by atoms with Crippen molar-refractivity contribution in [2.45, 2.75) is 6.54 Å². The second-order valence-corrected chi connectivity index (χ2v) is 4.82. The fourth-order valence-electron chi connectivity index (χ4n) is 1.53. The topological polar surface area (TPSA) is 88.3 Å². The highest BCUT2D eigenvalue weighted by atomic mass is 32.2. The van der Waals surface area contributed by atoms with Gasteiger partial charge in [0.1, 0.15) is 6.54 Å². The first kappa shape index (κ1) is 11.9. The predicted molar refractivity (Wildman–Crippen MR) is 60.9 cm³/mol. The summed E-state index contributed by atoms with van der Waals surface area (Å²) in [6, 6.07) is 0. The minimum Gasteiger partial charge on any atom is -0.476 e. The summed E-state index contributed by atoms with van der Waals surface area (Å²) in [7, 11) is 0. The summed E-state index contributed by atoms with van der Waals surface area (Å²) >= 11 is 1.82. The molecule has 17 heavy (non-hydrogen) atoms. The van der Waals surface area contributed by atoms with Crippen LogP contribution in [0.1, 0.15) is 10.5 Å². The third-order valence-electron chi connectivity index (χ3n) is 2.42. The number of carboxylic acid groups (broad SMARTS) is 1. The summed E-state index contributed by atoms with van der Waals surface area (Å²) in [6.07, 6.45) is 1.26. The number of aromatic carboxylic acids is 1. The first-order valence-corrected chi connectivity index (χ1v) is 6.31. The summed E-state index contributed by atoms with van der Waals surface area (Å²) in [4.78, 5) is 24.2. The first-order chi connectivity index (χ1) is 8.16. The highest BCUT2D eigenvalue weighted by molar-refractivity contribution is 7.99. The number of carbonyl (C=O) groups is 2. The number of carboxylic acids is 1. The molecule has 1 aliphatic heterocycles. The Balaban J connectivity index is 1.94. The van der Waals surface area contributed by atoms with Crippen molar-refractivity contribution >= 4 is 23.6 Å². The van der Waals surface area contributed by atoms with Crippen LogP contribution >= 0.6 is 11.8 Å². The highest BCUT2D eigenvalue weighted by Crippen LogP contribution is 2.09. The minimum absolute atomic E-state index is 0.0466. The van der Waals surface area contributed by atoms with Crippen LogP contribution in [0, 0.1) is 0 Å². The van der Waals surface area contributed by atoms with Crippen LogP contribution in [-0.2, 0) is 11.3 Å². The summed E-state index contributed by atoms with van der Waals surface area (Å²) in [6.45, 7) is 1.53. The average molecular weight is 256 g/mol. The molecule has 2 heterocycles. The van der Waals surface area contributed by atoms with Crippen molar-refractivity contribution in [3.05, 3.63) is 11.9 Å². The summed E-state index contributed by atoms with van der Waals surface area (Å²) in [5.74, 6) is 0.706. The maximum atomic E-state index is 11.8. The summed E-state index contributed by atoms with van der Waals surface area (Å²) < 4.78 is 1.26. The fraction of sp³-hybridized carbons (Fsp3) is 0.556. The number of amides is 1. The number of hydrogen-bond acceptors (Lipinski definition) is 5. The van der Waals surface area contributed by atoms with Crippen LogP contribution in [0.15, 0.2) is 6.20 Å². The maximum absolute atomic E-state index is 11.8. The van der Waals surface area contributed by atoms with Gasteiger partial charge in [0, 0.05) is 24.6 Å². The van der Waals surface area contributed by atoms with Gasteiger partial charge in [-0.3, -0.25) is 4.79 Å². The Morgan fingerprint density at radius 3 is 2.71 bits per heavy atom. The van der Waals surface area contributed by atoms with E-state index in [9.17, 15) is 9.59 Å². The van der Waals surface area contributed by atoms with Crippen LogP contribution in [0.3, 0.4) is 0 Å². The molecule has 0 aliphatic carbocycles. The zero-order valence-electron chi connectivity index (χ0n) is 9.07. The van der Waals surface area contributed by atoms with Gasteiger partial charge in [-0.1, -0.05) is 5.21 Å². The molecule has 0 spiro atoms. The molecule has 1 amide bonds. The molecule has 0 atom stereocenters. The molecule has 1 aromatic heterocycles. The van der Waals surface area contributed by atoms with Gasteiger partial charge in [0.05, 0.1) is 6.20 Å². The largest absolute Gasteiger partial charge is 0.476 e. The van der Waals surface area contributed by atoms with Crippen molar-refractivity contribution in [3.63, 3.8) is 0 Å². The molecular weight excluding hydrogens is 244 g/mol. The smallest absolute Gasteiger partial charge is 0.358 e. The van der Waals surface area contributed by atoms with Crippen molar-refractivity contribution in [1.82, 2.24) is 19.9 Å². The lowest BCUT2D eigenvalue weighted by Gasteiger charge is -2.26. The molecule has 2 rings (SSSR count). The first-order valence-electron chi connectivity index (χ1n) is 5.16. The number of nitrogens with zero attached hydrogens (tertiary/aromatic N) is 4. The molecule has 1 fully saturated rings. The van der Waals surface area contributed by atoms with E-state index in [4.69, 9.17) is 5.11 Å². The van der Waals surface area contributed by atoms with Crippen LogP contribution in [-0.4, -0.2) is 61.5 Å². The number of rotatable bonds is 3. The fourth-order valence-corrected chi connectivity index (χ4v) is 2.43. The molecule has 0 saturated carbocycles. The van der Waals surface area contributed by atoms with E-state index in [1.165, 1.54) is 10.9 Å². The van der Waals surface area contributed by atoms with Crippen molar-refractivity contribution < 1.29 is 14.7 Å². The molecule has 92 valence electrons. The third kappa shape index (κ3) is 2.96. The monoisotopic (exact) mass is 256 g/mol. The van der Waals surface area contributed by atoms with Gasteiger partial charge in [-0.15, -0.1) is 5.10 Å². The van der Waals surface area contributed by atoms with Gasteiger partial charge >= 0.3 is 5.97 Å². The lowest BCUT2D eigenvalue weighted by Crippen LogP contribution is -2.39. The lowest BCUT2D eigenvalue weighted by molar-refractivity contribution is -0.131. The van der Waals surface area contributed by atoms with E-state index in [1.807, 2.05) is 11.8 Å². The number of hydrogen-bond donors (Lipinski definition) is 1. The van der Waals surface area contributed by atoms with E-state index < -0.39 is 5.97 Å². The standard InChI is InChI=1S/C9H12N4O3S/c14-8(12-1-3-17-4-2-12)6-13-5-7(9(15)16)10-11-13/h5H,1-4,6H2,(H,15,16). The Bertz CT molecular complexity index is 428. The van der Waals surface area contributed by atoms with E-state index in [0.29, 0.717) is 0 Å². The highest BCUT2D eigenvalue weighted by Gasteiger charge is 2.18. The van der Waals surface area contributed by atoms with E-state index in [0.717, 1.165) is 24.6 Å². The molecule has 8 heteroatoms. The predicted octanol–water partition coefficient (Wildman–Crippen LogP) is -0.448. The Hall–Kier alpha value is -1.57. The molecule has 0 aromatic carbocycles. The molecule has 1 aliphatic rings. The van der Waals surface area contributed by atoms with Gasteiger partial charge in [0.2, 0.25) is 5.91 Å². The SMILES string of the molecule is O=C(O)c1cn(CC(=O)N2CCSCC2)nn1. The minimum atomic E-state index is -1.14. The van der Waals surface area contributed by atoms with E-state index in [1.54, 1.807) is 4.90 Å². The zero-order valence-corrected chi connectivity index (χ0v) is 9.89. The van der Waals surface area contributed by atoms with Crippen LogP contribution in [0.5, 0.6) is 0 Å². The van der Waals surface area contributed by atoms with Crippen molar-refractivity contribution in [1.29, 1.82) is 0 Å². The van der Waals surface area contributed by atoms with E-state index in [-0.39, 0.29) is 18.1 Å². The van der Waals surface area contributed by atoms with Crippen LogP contribution in [0.25, 0.3) is 0 Å². The van der Waals surface area contributed by atoms with E-state index in [2.05, 4.69) is 10.3 Å². The van der Waals surface area contributed by atoms with Crippen LogP contribution in [0.2, 0.25) is 0 Å². The second kappa shape index (κ2) is 5.17. The third-order valence-corrected chi connectivity index (χ3v) is 3.36. The van der Waals surface area contributed by atoms with Crippen LogP contribution < -0.4 is 0 Å². The molecule has 0 radical (unpaired) electrons. The Labute approximate surface area is 102 Å². The molecule has 1 aromatic rings. The van der Waals surface area contributed by atoms with Gasteiger partial charge in [0.25, 0.3) is 0 Å². The van der Waals surface area contributed by atoms with E-state index >= 15 is 0 Å². The van der Waals surface area contributed by atoms with Gasteiger partial charge in [-0.2, -0.15) is 11.8 Å². The zero-order chi connectivity index (χ0) is 12.3. The number of carbonyl (C=O) groups excluding carboxylic acids is 1. The number of aromatic nitrogens is 3. The quantitative estimate of drug-likeness (QED) is 0.788. The lowest BCUT2D eigenvalue weighted by atomic mass is 10.4. The Morgan fingerprint density at radius 1 is 1.41 bits per heavy atom. The van der Waals surface area contributed by atoms with Gasteiger partial charge in [-0.05, 0) is 0 Å². The Morgan fingerprint density at radius 2 is 2.12 bits per heavy atom. The normalized spacial score (nSPS) is 15.9. The van der Waals surface area contributed by atoms with Crippen molar-refractivity contribution in [2.24, 2.45) is 0 Å². The summed E-state index contributed by atoms with van der Waals surface area (Å²) in [5, 5.41) is 15.7. The van der Waals surface area contributed by atoms with Crippen molar-refractivity contribution in [3.8, 4) is 0 Å². The van der Waals surface area contributed by atoms with Crippen molar-refractivity contribution in [2.75, 3.05) is 24.6 Å². The Kier molecular flexibility index (Phi) is 3.62. The maximum Gasteiger partial charge on any atom is 0.358 e. The molecule has 1 N–H and O–H groups in total. The molecule has 7 nitrogen and oxygen atoms in total. The van der Waals surface area contributed by atoms with Gasteiger partial charge < -0.3 is 10.0 Å². The second-order valence-electron chi connectivity index (χ2n) is 3.60. The van der Waals surface area contributed by atoms with Gasteiger partial charge in [-0.25, -0.2) is 9.48 Å². The molecule has 0 unspecified atom stereocenters.